The van der Waals surface area contributed by atoms with Crippen LogP contribution in [-0.2, 0) is 25.6 Å². The van der Waals surface area contributed by atoms with Gasteiger partial charge in [-0.2, -0.15) is 0 Å². The number of ketones is 1. The number of nitrogens with one attached hydrogen (secondary N) is 4. The van der Waals surface area contributed by atoms with Crippen molar-refractivity contribution in [3.63, 3.8) is 0 Å². The highest BCUT2D eigenvalue weighted by Crippen LogP contribution is 2.35. The zero-order valence-corrected chi connectivity index (χ0v) is 35.6. The van der Waals surface area contributed by atoms with E-state index in [4.69, 9.17) is 0 Å². The van der Waals surface area contributed by atoms with Gasteiger partial charge in [0.05, 0.1) is 16.7 Å². The number of nitrogens with zero attached hydrogens (tertiary/aromatic N) is 3. The molecule has 63 heavy (non-hydrogen) atoms. The number of carbonyl (C=O) groups is 7. The van der Waals surface area contributed by atoms with Crippen LogP contribution < -0.4 is 26.2 Å². The average molecular weight is 860 g/mol. The molecule has 3 aromatic carbocycles. The first-order valence-electron chi connectivity index (χ1n) is 22.3. The lowest BCUT2D eigenvalue weighted by Crippen LogP contribution is -2.54. The molecule has 0 radical (unpaired) electrons. The lowest BCUT2D eigenvalue weighted by molar-refractivity contribution is -0.136. The van der Waals surface area contributed by atoms with Gasteiger partial charge in [0.15, 0.2) is 5.78 Å². The first-order valence-corrected chi connectivity index (χ1v) is 22.3. The van der Waals surface area contributed by atoms with Gasteiger partial charge in [0.2, 0.25) is 23.6 Å². The van der Waals surface area contributed by atoms with Crippen LogP contribution in [0.4, 0.5) is 11.4 Å². The molecule has 7 rings (SSSR count). The standard InChI is InChI=1S/C48H57N7O8/c56-40-14-6-5-11-36(40)41(57)24-28-53-30-35-29-34(53)31-54(35)33-19-17-32(18-20-33)23-27-51-43(59)16-10-15-42(58)50-26-8-4-2-1-3-7-25-49-38-13-9-12-37-45(38)48(63)55(47(37)62)39-21-22-44(60)52-46(39)61/h5-6,9,11-14,17-20,24,28,34-35,39,49,56H,1-4,7-8,10,15-16,21-23,25-27,29-31H2,(H,50,58)(H,51,59)(H,52,60,61)/b28-24+/t34-,35-,39?/m0/s1. The predicted octanol–water partition coefficient (Wildman–Crippen LogP) is 4.85. The Morgan fingerprint density at radius 3 is 2.17 bits per heavy atom. The van der Waals surface area contributed by atoms with Crippen LogP contribution >= 0.6 is 0 Å². The van der Waals surface area contributed by atoms with Crippen LogP contribution in [0.5, 0.6) is 5.75 Å². The number of allylic oxidation sites excluding steroid dienone is 1. The minimum absolute atomic E-state index is 0.0104. The Kier molecular flexibility index (Phi) is 14.9. The van der Waals surface area contributed by atoms with Gasteiger partial charge >= 0.3 is 0 Å². The lowest BCUT2D eigenvalue weighted by atomic mass is 10.0. The fourth-order valence-corrected chi connectivity index (χ4v) is 8.99. The SMILES string of the molecule is O=C(CCCC(=O)NCCc1ccc(N2C[C@@H]3C[C@H]2CN3/C=C/C(=O)c2ccccc2O)cc1)NCCCCCCCCNc1cccc2c1C(=O)N(C1CCC(=O)NC1=O)C2=O. The van der Waals surface area contributed by atoms with E-state index in [1.807, 2.05) is 6.20 Å². The number of aromatic hydroxyl groups is 1. The first kappa shape index (κ1) is 44.5. The number of benzene rings is 3. The van der Waals surface area contributed by atoms with E-state index in [0.29, 0.717) is 68.7 Å². The summed E-state index contributed by atoms with van der Waals surface area (Å²) >= 11 is 0. The van der Waals surface area contributed by atoms with E-state index in [1.165, 1.54) is 11.8 Å². The molecule has 4 aliphatic rings. The summed E-state index contributed by atoms with van der Waals surface area (Å²) in [5.74, 6) is -2.40. The molecule has 6 amide bonds. The summed E-state index contributed by atoms with van der Waals surface area (Å²) in [6.07, 6.45) is 12.2. The van der Waals surface area contributed by atoms with Gasteiger partial charge in [-0.1, -0.05) is 56.0 Å². The van der Waals surface area contributed by atoms with Crippen molar-refractivity contribution in [1.82, 2.24) is 25.8 Å². The quantitative estimate of drug-likeness (QED) is 0.0401. The van der Waals surface area contributed by atoms with Crippen molar-refractivity contribution in [3.8, 4) is 5.75 Å². The molecule has 4 aliphatic heterocycles. The van der Waals surface area contributed by atoms with Gasteiger partial charge in [-0.25, -0.2) is 0 Å². The van der Waals surface area contributed by atoms with E-state index in [-0.39, 0.29) is 47.3 Å². The monoisotopic (exact) mass is 859 g/mol. The summed E-state index contributed by atoms with van der Waals surface area (Å²) in [6, 6.07) is 19.8. The van der Waals surface area contributed by atoms with Gasteiger partial charge in [-0.3, -0.25) is 43.8 Å². The van der Waals surface area contributed by atoms with Crippen LogP contribution in [0.3, 0.4) is 0 Å². The molecule has 5 N–H and O–H groups in total. The van der Waals surface area contributed by atoms with Crippen molar-refractivity contribution in [2.75, 3.05) is 42.9 Å². The Bertz CT molecular complexity index is 2230. The van der Waals surface area contributed by atoms with Crippen molar-refractivity contribution < 1.29 is 38.7 Å². The number of hydrogen-bond donors (Lipinski definition) is 5. The summed E-state index contributed by atoms with van der Waals surface area (Å²) in [5, 5.41) is 21.4. The Hall–Kier alpha value is -6.51. The number of phenolic OH excluding ortho intramolecular Hbond substituents is 1. The Morgan fingerprint density at radius 2 is 1.46 bits per heavy atom. The van der Waals surface area contributed by atoms with Crippen LogP contribution in [0.1, 0.15) is 114 Å². The molecule has 4 heterocycles. The smallest absolute Gasteiger partial charge is 0.264 e. The van der Waals surface area contributed by atoms with Gasteiger partial charge in [0.1, 0.15) is 11.8 Å². The predicted molar refractivity (Wildman–Crippen MR) is 237 cm³/mol. The van der Waals surface area contributed by atoms with Crippen LogP contribution in [0.25, 0.3) is 0 Å². The summed E-state index contributed by atoms with van der Waals surface area (Å²) in [7, 11) is 0. The summed E-state index contributed by atoms with van der Waals surface area (Å²) in [6.45, 7) is 3.47. The Labute approximate surface area is 367 Å². The van der Waals surface area contributed by atoms with Crippen molar-refractivity contribution in [1.29, 1.82) is 0 Å². The third-order valence-electron chi connectivity index (χ3n) is 12.4. The zero-order chi connectivity index (χ0) is 44.3. The van der Waals surface area contributed by atoms with E-state index in [1.54, 1.807) is 42.5 Å². The van der Waals surface area contributed by atoms with Crippen molar-refractivity contribution in [2.45, 2.75) is 102 Å². The maximum atomic E-state index is 13.3. The molecule has 0 saturated carbocycles. The van der Waals surface area contributed by atoms with E-state index < -0.39 is 29.7 Å². The molecule has 2 bridgehead atoms. The number of anilines is 2. The van der Waals surface area contributed by atoms with Crippen molar-refractivity contribution in [2.24, 2.45) is 0 Å². The van der Waals surface area contributed by atoms with E-state index in [2.05, 4.69) is 55.3 Å². The summed E-state index contributed by atoms with van der Waals surface area (Å²) < 4.78 is 0. The number of para-hydroxylation sites is 1. The molecular weight excluding hydrogens is 803 g/mol. The Balaban J connectivity index is 0.685. The minimum Gasteiger partial charge on any atom is -0.507 e. The van der Waals surface area contributed by atoms with Crippen LogP contribution in [0.2, 0.25) is 0 Å². The number of piperidine rings is 1. The zero-order valence-electron chi connectivity index (χ0n) is 35.6. The number of likely N-dealkylation sites (tertiary alicyclic amines) is 1. The average Bonchev–Trinajstić information content (AvgIpc) is 3.95. The van der Waals surface area contributed by atoms with Gasteiger partial charge in [-0.15, -0.1) is 0 Å². The van der Waals surface area contributed by atoms with E-state index in [0.717, 1.165) is 68.5 Å². The Morgan fingerprint density at radius 1 is 0.746 bits per heavy atom. The molecule has 3 saturated heterocycles. The van der Waals surface area contributed by atoms with E-state index in [9.17, 15) is 38.7 Å². The number of unbranched alkanes of at least 4 members (excludes halogenated alkanes) is 5. The number of rotatable bonds is 22. The molecule has 0 aliphatic carbocycles. The number of hydrogen-bond acceptors (Lipinski definition) is 11. The number of fused-ring (bicyclic) bond motifs is 3. The highest BCUT2D eigenvalue weighted by Gasteiger charge is 2.46. The van der Waals surface area contributed by atoms with Gasteiger partial charge < -0.3 is 30.9 Å². The van der Waals surface area contributed by atoms with Gasteiger partial charge in [0, 0.05) is 87.7 Å². The number of phenols is 1. The van der Waals surface area contributed by atoms with Crippen molar-refractivity contribution in [3.05, 3.63) is 101 Å². The number of piperazine rings is 1. The molecule has 1 unspecified atom stereocenters. The largest absolute Gasteiger partial charge is 0.507 e. The highest BCUT2D eigenvalue weighted by atomic mass is 16.3. The second kappa shape index (κ2) is 21.0. The first-order chi connectivity index (χ1) is 30.6. The van der Waals surface area contributed by atoms with Crippen LogP contribution in [-0.4, -0.2) is 107 Å². The molecule has 3 aromatic rings. The van der Waals surface area contributed by atoms with Crippen LogP contribution in [0.15, 0.2) is 79.0 Å². The lowest BCUT2D eigenvalue weighted by Gasteiger charge is -2.35. The normalized spacial score (nSPS) is 19.2. The fraction of sp³-hybridized carbons (Fsp3) is 0.438. The van der Waals surface area contributed by atoms with Crippen LogP contribution in [0, 0.1) is 0 Å². The number of imide groups is 2. The molecule has 332 valence electrons. The number of carbonyl (C=O) groups excluding carboxylic acids is 7. The molecule has 15 heteroatoms. The second-order valence-corrected chi connectivity index (χ2v) is 16.8. The van der Waals surface area contributed by atoms with Gasteiger partial charge in [-0.05, 0) is 80.5 Å². The third-order valence-corrected chi connectivity index (χ3v) is 12.4. The summed E-state index contributed by atoms with van der Waals surface area (Å²) in [4.78, 5) is 93.2. The maximum absolute atomic E-state index is 13.3. The number of amides is 6. The molecule has 3 fully saturated rings. The van der Waals surface area contributed by atoms with E-state index >= 15 is 0 Å². The fourth-order valence-electron chi connectivity index (χ4n) is 8.99. The van der Waals surface area contributed by atoms with Crippen molar-refractivity contribution >= 4 is 52.6 Å². The highest BCUT2D eigenvalue weighted by molar-refractivity contribution is 6.25. The molecule has 15 nitrogen and oxygen atoms in total. The minimum atomic E-state index is -0.995. The molecule has 0 aromatic heterocycles. The molecule has 0 spiro atoms. The van der Waals surface area contributed by atoms with Gasteiger partial charge in [0.25, 0.3) is 11.8 Å². The summed E-state index contributed by atoms with van der Waals surface area (Å²) in [5.41, 5.74) is 3.69. The third kappa shape index (κ3) is 11.1. The second-order valence-electron chi connectivity index (χ2n) is 16.8. The molecule has 3 atom stereocenters. The maximum Gasteiger partial charge on any atom is 0.264 e. The molecular formula is C48H57N7O8. The topological polar surface area (TPSA) is 198 Å².